The van der Waals surface area contributed by atoms with E-state index in [1.807, 2.05) is 38.8 Å². The summed E-state index contributed by atoms with van der Waals surface area (Å²) < 4.78 is 12.7. The molecule has 9 heteroatoms. The lowest BCUT2D eigenvalue weighted by atomic mass is 9.88. The van der Waals surface area contributed by atoms with Gasteiger partial charge < -0.3 is 29.7 Å². The monoisotopic (exact) mass is 621 g/mol. The number of rotatable bonds is 7. The average Bonchev–Trinajstić information content (AvgIpc) is 3.06. The van der Waals surface area contributed by atoms with Crippen molar-refractivity contribution in [1.82, 2.24) is 9.80 Å². The fourth-order valence-electron chi connectivity index (χ4n) is 6.28. The number of fused-ring (bicyclic) bond motifs is 1. The van der Waals surface area contributed by atoms with E-state index in [4.69, 9.17) is 9.47 Å². The molecule has 2 aromatic carbocycles. The Morgan fingerprint density at radius 3 is 2.44 bits per heavy atom. The van der Waals surface area contributed by atoms with Gasteiger partial charge in [-0.2, -0.15) is 0 Å². The van der Waals surface area contributed by atoms with Crippen molar-refractivity contribution in [1.29, 1.82) is 0 Å². The predicted molar refractivity (Wildman–Crippen MR) is 175 cm³/mol. The lowest BCUT2D eigenvalue weighted by molar-refractivity contribution is -0.137. The number of ether oxygens (including phenoxy) is 2. The lowest BCUT2D eigenvalue weighted by Crippen LogP contribution is -2.48. The normalized spacial score (nSPS) is 22.8. The first-order chi connectivity index (χ1) is 21.7. The van der Waals surface area contributed by atoms with Gasteiger partial charge in [-0.3, -0.25) is 14.4 Å². The second-order valence-electron chi connectivity index (χ2n) is 12.9. The van der Waals surface area contributed by atoms with Crippen LogP contribution in [0, 0.1) is 11.8 Å². The molecule has 0 aromatic heterocycles. The molecule has 1 heterocycles. The van der Waals surface area contributed by atoms with E-state index in [-0.39, 0.29) is 48.4 Å². The number of aliphatic hydroxyl groups excluding tert-OH is 1. The molecule has 2 aliphatic rings. The zero-order valence-corrected chi connectivity index (χ0v) is 27.4. The van der Waals surface area contributed by atoms with Crippen LogP contribution in [-0.4, -0.2) is 84.2 Å². The highest BCUT2D eigenvalue weighted by Crippen LogP contribution is 2.29. The smallest absolute Gasteiger partial charge is 0.258 e. The van der Waals surface area contributed by atoms with Crippen molar-refractivity contribution in [2.75, 3.05) is 38.7 Å². The molecule has 3 amide bonds. The maximum atomic E-state index is 14.3. The third kappa shape index (κ3) is 9.53. The van der Waals surface area contributed by atoms with Crippen molar-refractivity contribution in [2.24, 2.45) is 11.8 Å². The van der Waals surface area contributed by atoms with Gasteiger partial charge in [0.15, 0.2) is 0 Å². The average molecular weight is 622 g/mol. The third-order valence-electron chi connectivity index (χ3n) is 9.13. The Labute approximate surface area is 268 Å². The minimum Gasteiger partial charge on any atom is -0.490 e. The largest absolute Gasteiger partial charge is 0.490 e. The first kappa shape index (κ1) is 34.4. The summed E-state index contributed by atoms with van der Waals surface area (Å²) in [5.41, 5.74) is 1.30. The number of carbonyl (C=O) groups is 3. The van der Waals surface area contributed by atoms with Crippen molar-refractivity contribution in [2.45, 2.75) is 90.4 Å². The topological polar surface area (TPSA) is 108 Å². The van der Waals surface area contributed by atoms with E-state index in [2.05, 4.69) is 5.32 Å². The van der Waals surface area contributed by atoms with Gasteiger partial charge in [-0.05, 0) is 76.3 Å². The molecule has 4 rings (SSSR count). The highest BCUT2D eigenvalue weighted by Gasteiger charge is 2.32. The number of anilines is 1. The summed E-state index contributed by atoms with van der Waals surface area (Å²) in [6, 6.07) is 13.6. The highest BCUT2D eigenvalue weighted by molar-refractivity contribution is 6.05. The summed E-state index contributed by atoms with van der Waals surface area (Å²) in [7, 11) is 1.86. The Kier molecular flexibility index (Phi) is 12.8. The second kappa shape index (κ2) is 16.8. The molecule has 2 N–H and O–H groups in total. The molecule has 4 atom stereocenters. The van der Waals surface area contributed by atoms with Gasteiger partial charge in [-0.25, -0.2) is 0 Å². The number of hydrogen-bond acceptors (Lipinski definition) is 6. The summed E-state index contributed by atoms with van der Waals surface area (Å²) in [5.74, 6) is -0.0262. The molecular formula is C36H51N3O6. The zero-order chi connectivity index (χ0) is 32.3. The number of likely N-dealkylation sites (N-methyl/N-ethyl adjacent to an activating group) is 1. The predicted octanol–water partition coefficient (Wildman–Crippen LogP) is 5.77. The zero-order valence-electron chi connectivity index (χ0n) is 27.4. The fraction of sp³-hybridized carbons (Fsp3) is 0.583. The molecule has 9 nitrogen and oxygen atoms in total. The minimum absolute atomic E-state index is 0.0691. The summed E-state index contributed by atoms with van der Waals surface area (Å²) in [5, 5.41) is 13.1. The summed E-state index contributed by atoms with van der Waals surface area (Å²) in [6.07, 6.45) is 7.35. The Bertz CT molecular complexity index is 1260. The molecule has 0 bridgehead atoms. The van der Waals surface area contributed by atoms with Crippen molar-refractivity contribution >= 4 is 23.4 Å². The number of carbonyl (C=O) groups excluding carboxylic acids is 3. The third-order valence-corrected chi connectivity index (χ3v) is 9.13. The van der Waals surface area contributed by atoms with E-state index in [9.17, 15) is 19.5 Å². The maximum Gasteiger partial charge on any atom is 0.258 e. The van der Waals surface area contributed by atoms with Crippen LogP contribution in [0.1, 0.15) is 92.9 Å². The van der Waals surface area contributed by atoms with E-state index >= 15 is 0 Å². The molecular weight excluding hydrogens is 570 g/mol. The molecule has 1 fully saturated rings. The van der Waals surface area contributed by atoms with Crippen LogP contribution in [0.2, 0.25) is 0 Å². The van der Waals surface area contributed by atoms with E-state index in [0.29, 0.717) is 42.3 Å². The quantitative estimate of drug-likeness (QED) is 0.406. The van der Waals surface area contributed by atoms with Gasteiger partial charge in [-0.1, -0.05) is 44.4 Å². The molecule has 0 saturated heterocycles. The van der Waals surface area contributed by atoms with Gasteiger partial charge >= 0.3 is 0 Å². The molecule has 1 aliphatic carbocycles. The Morgan fingerprint density at radius 2 is 1.73 bits per heavy atom. The van der Waals surface area contributed by atoms with E-state index < -0.39 is 6.04 Å². The number of nitrogens with one attached hydrogen (secondary N) is 1. The lowest BCUT2D eigenvalue weighted by Gasteiger charge is -2.36. The minimum atomic E-state index is -0.483. The Balaban J connectivity index is 1.61. The van der Waals surface area contributed by atoms with Crippen molar-refractivity contribution in [3.8, 4) is 5.75 Å². The Hall–Kier alpha value is -3.43. The molecule has 246 valence electrons. The first-order valence-corrected chi connectivity index (χ1v) is 16.6. The van der Waals surface area contributed by atoms with Crippen molar-refractivity contribution < 1.29 is 29.0 Å². The number of benzene rings is 2. The summed E-state index contributed by atoms with van der Waals surface area (Å²) in [4.78, 5) is 44.0. The van der Waals surface area contributed by atoms with E-state index in [1.165, 1.54) is 6.42 Å². The first-order valence-electron chi connectivity index (χ1n) is 16.6. The Morgan fingerprint density at radius 1 is 1.02 bits per heavy atom. The van der Waals surface area contributed by atoms with Crippen LogP contribution in [0.3, 0.4) is 0 Å². The van der Waals surface area contributed by atoms with Gasteiger partial charge in [0.05, 0.1) is 30.4 Å². The number of nitrogens with zero attached hydrogens (tertiary/aromatic N) is 2. The number of amides is 3. The van der Waals surface area contributed by atoms with Gasteiger partial charge in [-0.15, -0.1) is 0 Å². The molecule has 1 saturated carbocycles. The number of aliphatic hydroxyl groups is 1. The van der Waals surface area contributed by atoms with Crippen LogP contribution in [0.5, 0.6) is 5.75 Å². The van der Waals surface area contributed by atoms with Crippen LogP contribution in [-0.2, 0) is 9.53 Å². The van der Waals surface area contributed by atoms with Crippen LogP contribution in [0.15, 0.2) is 48.5 Å². The molecule has 1 aliphatic heterocycles. The fourth-order valence-corrected chi connectivity index (χ4v) is 6.28. The van der Waals surface area contributed by atoms with Gasteiger partial charge in [0.2, 0.25) is 5.91 Å². The maximum absolute atomic E-state index is 14.3. The summed E-state index contributed by atoms with van der Waals surface area (Å²) in [6.45, 7) is 6.92. The van der Waals surface area contributed by atoms with Gasteiger partial charge in [0.1, 0.15) is 5.75 Å². The van der Waals surface area contributed by atoms with Crippen LogP contribution >= 0.6 is 0 Å². The number of hydrogen-bond donors (Lipinski definition) is 2. The van der Waals surface area contributed by atoms with Crippen LogP contribution < -0.4 is 10.1 Å². The van der Waals surface area contributed by atoms with E-state index in [0.717, 1.165) is 44.9 Å². The van der Waals surface area contributed by atoms with Gasteiger partial charge in [0, 0.05) is 49.8 Å². The molecule has 0 spiro atoms. The highest BCUT2D eigenvalue weighted by atomic mass is 16.5. The van der Waals surface area contributed by atoms with Crippen molar-refractivity contribution in [3.63, 3.8) is 0 Å². The van der Waals surface area contributed by atoms with E-state index in [1.54, 1.807) is 47.4 Å². The molecule has 0 radical (unpaired) electrons. The SMILES string of the molecule is C[C@H]1CCCCO[C@H](CN(C)C(=O)C2CCCCC2)[C@@H](C)CN([C@@H](C)CO)C(=O)c2cc(NC(=O)c3ccccc3)ccc2O1. The standard InChI is InChI=1S/C36H51N3O6/c1-25-22-39(26(2)24-40)36(43)31-21-30(37-34(41)28-14-7-5-8-15-28)18-19-32(31)45-27(3)13-11-12-20-44-33(25)23-38(4)35(42)29-16-9-6-10-17-29/h5,7-8,14-15,18-19,21,25-27,29,33,40H,6,9-13,16-17,20,22-24H2,1-4H3,(H,37,41)/t25-,26-,27-,33+/m0/s1. The van der Waals surface area contributed by atoms with Crippen LogP contribution in [0.4, 0.5) is 5.69 Å². The van der Waals surface area contributed by atoms with Crippen LogP contribution in [0.25, 0.3) is 0 Å². The second-order valence-corrected chi connectivity index (χ2v) is 12.9. The molecule has 45 heavy (non-hydrogen) atoms. The molecule has 0 unspecified atom stereocenters. The van der Waals surface area contributed by atoms with Crippen molar-refractivity contribution in [3.05, 3.63) is 59.7 Å². The summed E-state index contributed by atoms with van der Waals surface area (Å²) >= 11 is 0. The van der Waals surface area contributed by atoms with Gasteiger partial charge in [0.25, 0.3) is 11.8 Å². The molecule has 2 aromatic rings.